The van der Waals surface area contributed by atoms with E-state index in [2.05, 4.69) is 31.7 Å². The third-order valence-corrected chi connectivity index (χ3v) is 4.91. The topological polar surface area (TPSA) is 98.0 Å². The third-order valence-electron chi connectivity index (χ3n) is 4.38. The van der Waals surface area contributed by atoms with Gasteiger partial charge in [-0.2, -0.15) is 5.10 Å². The van der Waals surface area contributed by atoms with Crippen LogP contribution in [0.5, 0.6) is 0 Å². The maximum atomic E-state index is 12.3. The zero-order valence-electron chi connectivity index (χ0n) is 14.9. The van der Waals surface area contributed by atoms with Crippen molar-refractivity contribution in [3.05, 3.63) is 45.0 Å². The maximum absolute atomic E-state index is 12.3. The van der Waals surface area contributed by atoms with Crippen molar-refractivity contribution in [2.24, 2.45) is 0 Å². The van der Waals surface area contributed by atoms with Gasteiger partial charge < -0.3 is 10.6 Å². The molecule has 3 rings (SSSR count). The van der Waals surface area contributed by atoms with E-state index in [4.69, 9.17) is 0 Å². The Kier molecular flexibility index (Phi) is 6.44. The summed E-state index contributed by atoms with van der Waals surface area (Å²) in [5.74, 6) is 0.226. The van der Waals surface area contributed by atoms with Crippen LogP contribution in [0.1, 0.15) is 31.5 Å². The summed E-state index contributed by atoms with van der Waals surface area (Å²) in [5, 5.41) is 9.70. The van der Waals surface area contributed by atoms with Gasteiger partial charge in [0.15, 0.2) is 0 Å². The molecule has 1 aromatic carbocycles. The van der Waals surface area contributed by atoms with Gasteiger partial charge in [0.25, 0.3) is 0 Å². The molecule has 0 unspecified atom stereocenters. The van der Waals surface area contributed by atoms with E-state index in [1.807, 2.05) is 12.1 Å². The maximum Gasteiger partial charge on any atom is 0.346 e. The van der Waals surface area contributed by atoms with Crippen LogP contribution in [0.15, 0.2) is 33.5 Å². The minimum Gasteiger partial charge on any atom is -0.354 e. The molecule has 27 heavy (non-hydrogen) atoms. The molecule has 0 bridgehead atoms. The van der Waals surface area contributed by atoms with Gasteiger partial charge in [0.2, 0.25) is 11.8 Å². The van der Waals surface area contributed by atoms with Crippen molar-refractivity contribution in [2.75, 3.05) is 11.9 Å². The smallest absolute Gasteiger partial charge is 0.346 e. The van der Waals surface area contributed by atoms with Crippen LogP contribution in [0, 0.1) is 0 Å². The van der Waals surface area contributed by atoms with Crippen molar-refractivity contribution in [3.8, 4) is 0 Å². The first-order valence-electron chi connectivity index (χ1n) is 9.01. The molecule has 1 aromatic heterocycles. The number of aryl methyl sites for hydroxylation is 1. The first-order valence-corrected chi connectivity index (χ1v) is 9.81. The predicted molar refractivity (Wildman–Crippen MR) is 104 cm³/mol. The van der Waals surface area contributed by atoms with Gasteiger partial charge in [0.05, 0.1) is 0 Å². The highest BCUT2D eigenvalue weighted by Gasteiger charge is 2.17. The minimum absolute atomic E-state index is 0.132. The Morgan fingerprint density at radius 1 is 1.11 bits per heavy atom. The largest absolute Gasteiger partial charge is 0.354 e. The SMILES string of the molecule is O=C(Cn1nc2n(c1=O)CCCCC2)NCCC(=O)Nc1ccc(Br)cc1. The molecule has 0 saturated heterocycles. The number of aromatic nitrogens is 3. The standard InChI is InChI=1S/C18H22BrN5O3/c19-13-5-7-14(8-6-13)21-16(25)9-10-20-17(26)12-24-18(27)23-11-3-1-2-4-15(23)22-24/h5-8H,1-4,9-12H2,(H,20,26)(H,21,25). The van der Waals surface area contributed by atoms with E-state index in [9.17, 15) is 14.4 Å². The number of anilines is 1. The van der Waals surface area contributed by atoms with Crippen molar-refractivity contribution in [1.29, 1.82) is 0 Å². The van der Waals surface area contributed by atoms with Crippen LogP contribution >= 0.6 is 15.9 Å². The lowest BCUT2D eigenvalue weighted by Gasteiger charge is -2.07. The number of nitrogens with zero attached hydrogens (tertiary/aromatic N) is 3. The van der Waals surface area contributed by atoms with Crippen molar-refractivity contribution in [2.45, 2.75) is 45.2 Å². The molecule has 0 saturated carbocycles. The molecule has 0 atom stereocenters. The van der Waals surface area contributed by atoms with Gasteiger partial charge in [0, 0.05) is 36.1 Å². The molecular weight excluding hydrogens is 414 g/mol. The Bertz CT molecular complexity index is 872. The van der Waals surface area contributed by atoms with Crippen molar-refractivity contribution < 1.29 is 9.59 Å². The van der Waals surface area contributed by atoms with Gasteiger partial charge in [-0.15, -0.1) is 0 Å². The zero-order valence-corrected chi connectivity index (χ0v) is 16.5. The number of hydrogen-bond donors (Lipinski definition) is 2. The van der Waals surface area contributed by atoms with E-state index >= 15 is 0 Å². The van der Waals surface area contributed by atoms with Crippen LogP contribution in [-0.2, 0) is 29.1 Å². The van der Waals surface area contributed by atoms with E-state index in [0.29, 0.717) is 12.2 Å². The summed E-state index contributed by atoms with van der Waals surface area (Å²) < 4.78 is 3.80. The number of hydrogen-bond acceptors (Lipinski definition) is 4. The van der Waals surface area contributed by atoms with Crippen molar-refractivity contribution in [1.82, 2.24) is 19.7 Å². The first kappa shape index (κ1) is 19.3. The third kappa shape index (κ3) is 5.29. The fraction of sp³-hybridized carbons (Fsp3) is 0.444. The van der Waals surface area contributed by atoms with Crippen LogP contribution < -0.4 is 16.3 Å². The van der Waals surface area contributed by atoms with Gasteiger partial charge in [0.1, 0.15) is 12.4 Å². The molecule has 2 aromatic rings. The lowest BCUT2D eigenvalue weighted by Crippen LogP contribution is -2.35. The van der Waals surface area contributed by atoms with E-state index in [-0.39, 0.29) is 37.0 Å². The van der Waals surface area contributed by atoms with Crippen LogP contribution in [0.4, 0.5) is 5.69 Å². The average Bonchev–Trinajstić information content (AvgIpc) is 2.81. The Morgan fingerprint density at radius 3 is 2.67 bits per heavy atom. The molecule has 0 spiro atoms. The summed E-state index contributed by atoms with van der Waals surface area (Å²) in [4.78, 5) is 36.3. The fourth-order valence-corrected chi connectivity index (χ4v) is 3.26. The molecule has 1 aliphatic heterocycles. The highest BCUT2D eigenvalue weighted by atomic mass is 79.9. The summed E-state index contributed by atoms with van der Waals surface area (Å²) in [6.07, 6.45) is 3.97. The van der Waals surface area contributed by atoms with Crippen molar-refractivity contribution >= 4 is 33.4 Å². The summed E-state index contributed by atoms with van der Waals surface area (Å²) >= 11 is 3.33. The van der Waals surface area contributed by atoms with E-state index in [1.54, 1.807) is 16.7 Å². The van der Waals surface area contributed by atoms with Crippen LogP contribution in [0.25, 0.3) is 0 Å². The lowest BCUT2D eigenvalue weighted by molar-refractivity contribution is -0.122. The quantitative estimate of drug-likeness (QED) is 0.720. The fourth-order valence-electron chi connectivity index (χ4n) is 2.99. The number of carbonyl (C=O) groups excluding carboxylic acids is 2. The van der Waals surface area contributed by atoms with Gasteiger partial charge in [-0.05, 0) is 37.1 Å². The molecule has 2 heterocycles. The van der Waals surface area contributed by atoms with E-state index in [1.165, 1.54) is 4.68 Å². The highest BCUT2D eigenvalue weighted by molar-refractivity contribution is 9.10. The Hall–Kier alpha value is -2.42. The number of fused-ring (bicyclic) bond motifs is 1. The number of halogens is 1. The van der Waals surface area contributed by atoms with E-state index < -0.39 is 0 Å². The monoisotopic (exact) mass is 435 g/mol. The number of rotatable bonds is 6. The molecule has 0 fully saturated rings. The summed E-state index contributed by atoms with van der Waals surface area (Å²) in [6.45, 7) is 0.725. The second-order valence-electron chi connectivity index (χ2n) is 6.47. The normalized spacial score (nSPS) is 13.5. The van der Waals surface area contributed by atoms with Gasteiger partial charge in [-0.1, -0.05) is 22.4 Å². The number of benzene rings is 1. The molecule has 0 radical (unpaired) electrons. The Morgan fingerprint density at radius 2 is 1.89 bits per heavy atom. The van der Waals surface area contributed by atoms with Gasteiger partial charge >= 0.3 is 5.69 Å². The molecule has 2 amide bonds. The number of amides is 2. The van der Waals surface area contributed by atoms with Gasteiger partial charge in [-0.3, -0.25) is 14.2 Å². The van der Waals surface area contributed by atoms with Crippen LogP contribution in [-0.4, -0.2) is 32.7 Å². The Balaban J connectivity index is 1.45. The van der Waals surface area contributed by atoms with Crippen LogP contribution in [0.3, 0.4) is 0 Å². The van der Waals surface area contributed by atoms with Crippen molar-refractivity contribution in [3.63, 3.8) is 0 Å². The summed E-state index contributed by atoms with van der Waals surface area (Å²) in [5.41, 5.74) is 0.454. The molecule has 9 heteroatoms. The van der Waals surface area contributed by atoms with Gasteiger partial charge in [-0.25, -0.2) is 9.48 Å². The molecule has 2 N–H and O–H groups in total. The molecular formula is C18H22BrN5O3. The second-order valence-corrected chi connectivity index (χ2v) is 7.39. The summed E-state index contributed by atoms with van der Waals surface area (Å²) in [6, 6.07) is 7.24. The van der Waals surface area contributed by atoms with Crippen LogP contribution in [0.2, 0.25) is 0 Å². The molecule has 144 valence electrons. The molecule has 8 nitrogen and oxygen atoms in total. The number of carbonyl (C=O) groups is 2. The predicted octanol–water partition coefficient (Wildman–Crippen LogP) is 1.68. The lowest BCUT2D eigenvalue weighted by atomic mass is 10.2. The first-order chi connectivity index (χ1) is 13.0. The highest BCUT2D eigenvalue weighted by Crippen LogP contribution is 2.14. The minimum atomic E-state index is -0.332. The Labute approximate surface area is 165 Å². The summed E-state index contributed by atoms with van der Waals surface area (Å²) in [7, 11) is 0. The molecule has 0 aliphatic carbocycles. The number of nitrogens with one attached hydrogen (secondary N) is 2. The average molecular weight is 436 g/mol. The molecule has 1 aliphatic rings. The zero-order chi connectivity index (χ0) is 19.2. The second kappa shape index (κ2) is 8.98. The van der Waals surface area contributed by atoms with E-state index in [0.717, 1.165) is 36.0 Å².